The summed E-state index contributed by atoms with van der Waals surface area (Å²) in [6.07, 6.45) is 7.25. The van der Waals surface area contributed by atoms with Crippen molar-refractivity contribution in [2.24, 2.45) is 0 Å². The molecule has 202 valence electrons. The van der Waals surface area contributed by atoms with Crippen LogP contribution in [0.25, 0.3) is 6.08 Å². The normalized spacial score (nSPS) is 20.6. The van der Waals surface area contributed by atoms with Gasteiger partial charge in [-0.3, -0.25) is 9.59 Å². The maximum atomic E-state index is 13.5. The third-order valence-electron chi connectivity index (χ3n) is 6.82. The van der Waals surface area contributed by atoms with E-state index >= 15 is 0 Å². The molecule has 0 aliphatic carbocycles. The molecule has 38 heavy (non-hydrogen) atoms. The molecule has 2 atom stereocenters. The standard InChI is InChI=1S/C31H36O7/c1-19(2)36-24-15-13-21(14-16-24)25-18-27(33)38-26-17-22-10-6-5-7-11-23(32)12-8-9-20(3)37-31(34)28(22)30(35-4)29(25)26/h6,10,13-17,19-20,25H,5,7-9,11-12,18H2,1-4H3/t20-,25-/m0/s1. The second kappa shape index (κ2) is 12.3. The van der Waals surface area contributed by atoms with E-state index in [1.54, 1.807) is 6.07 Å². The molecule has 0 saturated carbocycles. The van der Waals surface area contributed by atoms with Crippen LogP contribution < -0.4 is 14.2 Å². The minimum atomic E-state index is -0.503. The molecule has 2 heterocycles. The van der Waals surface area contributed by atoms with Crippen LogP contribution in [0.3, 0.4) is 0 Å². The van der Waals surface area contributed by atoms with E-state index in [2.05, 4.69) is 0 Å². The van der Waals surface area contributed by atoms with Gasteiger partial charge in [0.25, 0.3) is 0 Å². The van der Waals surface area contributed by atoms with Crippen molar-refractivity contribution in [3.8, 4) is 17.2 Å². The molecule has 0 spiro atoms. The molecule has 7 heteroatoms. The molecule has 0 saturated heterocycles. The molecular weight excluding hydrogens is 484 g/mol. The van der Waals surface area contributed by atoms with E-state index in [-0.39, 0.29) is 36.3 Å². The molecule has 2 aromatic rings. The van der Waals surface area contributed by atoms with Crippen LogP contribution in [0.2, 0.25) is 0 Å². The van der Waals surface area contributed by atoms with E-state index in [9.17, 15) is 14.4 Å². The number of benzene rings is 2. The van der Waals surface area contributed by atoms with Crippen molar-refractivity contribution < 1.29 is 33.3 Å². The first-order valence-electron chi connectivity index (χ1n) is 13.4. The number of carbonyl (C=O) groups excluding carboxylic acids is 3. The Balaban J connectivity index is 1.80. The summed E-state index contributed by atoms with van der Waals surface area (Å²) in [6.45, 7) is 5.76. The van der Waals surface area contributed by atoms with Crippen molar-refractivity contribution in [2.45, 2.75) is 83.8 Å². The predicted octanol–water partition coefficient (Wildman–Crippen LogP) is 6.41. The minimum Gasteiger partial charge on any atom is -0.495 e. The minimum absolute atomic E-state index is 0.0447. The zero-order chi connectivity index (χ0) is 27.2. The van der Waals surface area contributed by atoms with Crippen LogP contribution in [0.4, 0.5) is 0 Å². The first-order valence-corrected chi connectivity index (χ1v) is 13.4. The number of cyclic esters (lactones) is 1. The number of hydrogen-bond acceptors (Lipinski definition) is 7. The van der Waals surface area contributed by atoms with Gasteiger partial charge in [0.1, 0.15) is 28.6 Å². The fourth-order valence-corrected chi connectivity index (χ4v) is 5.05. The molecule has 4 rings (SSSR count). The fourth-order valence-electron chi connectivity index (χ4n) is 5.05. The van der Waals surface area contributed by atoms with E-state index in [4.69, 9.17) is 18.9 Å². The Kier molecular flexibility index (Phi) is 8.87. The lowest BCUT2D eigenvalue weighted by Gasteiger charge is -2.29. The van der Waals surface area contributed by atoms with Gasteiger partial charge in [-0.05, 0) is 75.8 Å². The van der Waals surface area contributed by atoms with Gasteiger partial charge in [-0.15, -0.1) is 0 Å². The molecule has 2 aromatic carbocycles. The summed E-state index contributed by atoms with van der Waals surface area (Å²) in [6, 6.07) is 9.33. The average Bonchev–Trinajstić information content (AvgIpc) is 2.86. The molecule has 0 bridgehead atoms. The monoisotopic (exact) mass is 520 g/mol. The second-order valence-corrected chi connectivity index (χ2v) is 10.2. The number of fused-ring (bicyclic) bond motifs is 2. The smallest absolute Gasteiger partial charge is 0.342 e. The lowest BCUT2D eigenvalue weighted by molar-refractivity contribution is -0.135. The Labute approximate surface area is 224 Å². The Morgan fingerprint density at radius 2 is 1.76 bits per heavy atom. The molecule has 0 radical (unpaired) electrons. The zero-order valence-electron chi connectivity index (χ0n) is 22.6. The Bertz CT molecular complexity index is 1210. The summed E-state index contributed by atoms with van der Waals surface area (Å²) >= 11 is 0. The van der Waals surface area contributed by atoms with Gasteiger partial charge in [-0.25, -0.2) is 4.79 Å². The highest BCUT2D eigenvalue weighted by molar-refractivity contribution is 5.99. The second-order valence-electron chi connectivity index (χ2n) is 10.2. The van der Waals surface area contributed by atoms with E-state index in [1.807, 2.05) is 57.2 Å². The number of Topliss-reactive ketones (excluding diaryl/α,β-unsaturated/α-hetero) is 1. The van der Waals surface area contributed by atoms with Gasteiger partial charge >= 0.3 is 11.9 Å². The Hall–Kier alpha value is -3.61. The van der Waals surface area contributed by atoms with E-state index in [0.717, 1.165) is 17.7 Å². The highest BCUT2D eigenvalue weighted by atomic mass is 16.5. The molecule has 0 aromatic heterocycles. The molecule has 0 N–H and O–H groups in total. The molecule has 0 amide bonds. The van der Waals surface area contributed by atoms with Gasteiger partial charge in [0.2, 0.25) is 0 Å². The van der Waals surface area contributed by atoms with Gasteiger partial charge in [-0.1, -0.05) is 24.3 Å². The van der Waals surface area contributed by atoms with Crippen LogP contribution >= 0.6 is 0 Å². The number of ether oxygens (including phenoxy) is 4. The van der Waals surface area contributed by atoms with Crippen LogP contribution in [-0.2, 0) is 14.3 Å². The highest BCUT2D eigenvalue weighted by Crippen LogP contribution is 2.47. The fraction of sp³-hybridized carbons (Fsp3) is 0.452. The molecule has 7 nitrogen and oxygen atoms in total. The summed E-state index contributed by atoms with van der Waals surface area (Å²) in [7, 11) is 1.51. The van der Waals surface area contributed by atoms with Crippen molar-refractivity contribution in [2.75, 3.05) is 7.11 Å². The van der Waals surface area contributed by atoms with Crippen molar-refractivity contribution in [1.82, 2.24) is 0 Å². The third kappa shape index (κ3) is 6.44. The van der Waals surface area contributed by atoms with Crippen molar-refractivity contribution >= 4 is 23.8 Å². The van der Waals surface area contributed by atoms with E-state index < -0.39 is 5.97 Å². The number of methoxy groups -OCH3 is 1. The maximum Gasteiger partial charge on any atom is 0.342 e. The largest absolute Gasteiger partial charge is 0.495 e. The number of carbonyl (C=O) groups is 3. The van der Waals surface area contributed by atoms with Gasteiger partial charge in [-0.2, -0.15) is 0 Å². The summed E-state index contributed by atoms with van der Waals surface area (Å²) < 4.78 is 23.1. The highest BCUT2D eigenvalue weighted by Gasteiger charge is 2.36. The van der Waals surface area contributed by atoms with E-state index in [1.165, 1.54) is 7.11 Å². The summed E-state index contributed by atoms with van der Waals surface area (Å²) in [5.74, 6) is 0.457. The lowest BCUT2D eigenvalue weighted by atomic mass is 9.83. The molecule has 2 aliphatic rings. The topological polar surface area (TPSA) is 88.1 Å². The predicted molar refractivity (Wildman–Crippen MR) is 144 cm³/mol. The summed E-state index contributed by atoms with van der Waals surface area (Å²) in [5.41, 5.74) is 2.40. The number of rotatable bonds is 4. The van der Waals surface area contributed by atoms with Crippen LogP contribution in [0, 0.1) is 0 Å². The number of hydrogen-bond donors (Lipinski definition) is 0. The quantitative estimate of drug-likeness (QED) is 0.340. The average molecular weight is 521 g/mol. The van der Waals surface area contributed by atoms with Crippen LogP contribution in [0.15, 0.2) is 36.4 Å². The van der Waals surface area contributed by atoms with Crippen molar-refractivity contribution in [3.05, 3.63) is 58.7 Å². The van der Waals surface area contributed by atoms with Crippen LogP contribution in [-0.4, -0.2) is 37.0 Å². The lowest BCUT2D eigenvalue weighted by Crippen LogP contribution is -2.24. The first-order chi connectivity index (χ1) is 18.3. The number of ketones is 1. The van der Waals surface area contributed by atoms with Crippen molar-refractivity contribution in [3.63, 3.8) is 0 Å². The summed E-state index contributed by atoms with van der Waals surface area (Å²) in [4.78, 5) is 38.3. The van der Waals surface area contributed by atoms with Crippen LogP contribution in [0.1, 0.15) is 98.7 Å². The van der Waals surface area contributed by atoms with Crippen molar-refractivity contribution in [1.29, 1.82) is 0 Å². The van der Waals surface area contributed by atoms with Gasteiger partial charge in [0.05, 0.1) is 25.7 Å². The Morgan fingerprint density at radius 3 is 2.47 bits per heavy atom. The molecule has 0 fully saturated rings. The molecular formula is C31H36O7. The van der Waals surface area contributed by atoms with Gasteiger partial charge < -0.3 is 18.9 Å². The first kappa shape index (κ1) is 27.4. The third-order valence-corrected chi connectivity index (χ3v) is 6.82. The molecule has 0 unspecified atom stereocenters. The Morgan fingerprint density at radius 1 is 1.03 bits per heavy atom. The number of esters is 2. The maximum absolute atomic E-state index is 13.5. The SMILES string of the molecule is COc1c2c(cc3c1[C@H](c1ccc(OC(C)C)cc1)CC(=O)O3)C=CCCCC(=O)CCC[C@H](C)OC2=O. The van der Waals surface area contributed by atoms with E-state index in [0.29, 0.717) is 60.3 Å². The van der Waals surface area contributed by atoms with Crippen LogP contribution in [0.5, 0.6) is 17.2 Å². The molecule has 2 aliphatic heterocycles. The van der Waals surface area contributed by atoms with Gasteiger partial charge in [0.15, 0.2) is 0 Å². The summed E-state index contributed by atoms with van der Waals surface area (Å²) in [5, 5.41) is 0. The van der Waals surface area contributed by atoms with Gasteiger partial charge in [0, 0.05) is 24.3 Å². The number of allylic oxidation sites excluding steroid dienone is 1. The zero-order valence-corrected chi connectivity index (χ0v) is 22.6.